The fourth-order valence-electron chi connectivity index (χ4n) is 2.29. The van der Waals surface area contributed by atoms with Gasteiger partial charge in [-0.2, -0.15) is 4.98 Å². The Morgan fingerprint density at radius 1 is 1.12 bits per heavy atom. The quantitative estimate of drug-likeness (QED) is 0.704. The molecule has 0 amide bonds. The first-order chi connectivity index (χ1) is 11.7. The first-order valence-corrected chi connectivity index (χ1v) is 7.81. The van der Waals surface area contributed by atoms with E-state index in [1.165, 1.54) is 0 Å². The molecule has 2 aromatic carbocycles. The van der Waals surface area contributed by atoms with E-state index >= 15 is 0 Å². The maximum atomic E-state index is 5.78. The molecule has 0 aliphatic carbocycles. The van der Waals surface area contributed by atoms with Gasteiger partial charge in [-0.15, -0.1) is 5.10 Å². The number of nitrogens with zero attached hydrogens (tertiary/aromatic N) is 3. The minimum Gasteiger partial charge on any atom is -0.497 e. The molecule has 0 radical (unpaired) electrons. The summed E-state index contributed by atoms with van der Waals surface area (Å²) >= 11 is 0. The van der Waals surface area contributed by atoms with Gasteiger partial charge >= 0.3 is 6.01 Å². The summed E-state index contributed by atoms with van der Waals surface area (Å²) in [5.41, 5.74) is 8.23. The van der Waals surface area contributed by atoms with Crippen LogP contribution in [0, 0.1) is 0 Å². The van der Waals surface area contributed by atoms with Crippen molar-refractivity contribution in [1.82, 2.24) is 14.8 Å². The molecular formula is C18H20N4O2. The summed E-state index contributed by atoms with van der Waals surface area (Å²) in [5.74, 6) is 1.44. The fraction of sp³-hybridized carbons (Fsp3) is 0.222. The summed E-state index contributed by atoms with van der Waals surface area (Å²) in [6, 6.07) is 15.5. The Morgan fingerprint density at radius 2 is 1.92 bits per heavy atom. The molecule has 0 saturated carbocycles. The van der Waals surface area contributed by atoms with Gasteiger partial charge in [-0.25, -0.2) is 4.68 Å². The Bertz CT molecular complexity index is 812. The van der Waals surface area contributed by atoms with Crippen molar-refractivity contribution in [1.29, 1.82) is 0 Å². The van der Waals surface area contributed by atoms with E-state index in [2.05, 4.69) is 10.1 Å². The highest BCUT2D eigenvalue weighted by molar-refractivity contribution is 5.61. The number of aromatic nitrogens is 3. The predicted octanol–water partition coefficient (Wildman–Crippen LogP) is 3.31. The highest BCUT2D eigenvalue weighted by Gasteiger charge is 2.15. The number of nitrogens with two attached hydrogens (primary N) is 1. The zero-order chi connectivity index (χ0) is 16.9. The molecule has 24 heavy (non-hydrogen) atoms. The Balaban J connectivity index is 2.08. The second-order valence-corrected chi connectivity index (χ2v) is 5.30. The van der Waals surface area contributed by atoms with Crippen LogP contribution in [0.25, 0.3) is 17.1 Å². The largest absolute Gasteiger partial charge is 0.497 e. The SMILES string of the molecule is CCCOc1nc(-c2cccc(OC)c2)n(-c2ccc(N)cc2)n1. The number of nitrogen functional groups attached to an aromatic ring is 1. The summed E-state index contributed by atoms with van der Waals surface area (Å²) < 4.78 is 12.7. The standard InChI is InChI=1S/C18H20N4O2/c1-3-11-24-18-20-17(13-5-4-6-16(12-13)23-2)22(21-18)15-9-7-14(19)8-10-15/h4-10,12H,3,11,19H2,1-2H3. The van der Waals surface area contributed by atoms with Gasteiger partial charge in [-0.1, -0.05) is 19.1 Å². The van der Waals surface area contributed by atoms with E-state index < -0.39 is 0 Å². The lowest BCUT2D eigenvalue weighted by Crippen LogP contribution is -2.01. The van der Waals surface area contributed by atoms with Crippen LogP contribution in [0.5, 0.6) is 11.8 Å². The Hall–Kier alpha value is -3.02. The molecule has 0 fully saturated rings. The van der Waals surface area contributed by atoms with Crippen molar-refractivity contribution in [3.8, 4) is 28.8 Å². The van der Waals surface area contributed by atoms with E-state index in [0.717, 1.165) is 23.4 Å². The van der Waals surface area contributed by atoms with E-state index in [4.69, 9.17) is 15.2 Å². The molecule has 2 N–H and O–H groups in total. The third-order valence-corrected chi connectivity index (χ3v) is 3.49. The predicted molar refractivity (Wildman–Crippen MR) is 93.5 cm³/mol. The molecule has 0 aliphatic heterocycles. The van der Waals surface area contributed by atoms with Crippen molar-refractivity contribution in [3.05, 3.63) is 48.5 Å². The van der Waals surface area contributed by atoms with Crippen molar-refractivity contribution in [2.24, 2.45) is 0 Å². The molecule has 6 nitrogen and oxygen atoms in total. The van der Waals surface area contributed by atoms with Crippen LogP contribution in [-0.2, 0) is 0 Å². The molecule has 0 atom stereocenters. The van der Waals surface area contributed by atoms with Crippen molar-refractivity contribution in [3.63, 3.8) is 0 Å². The van der Waals surface area contributed by atoms with Crippen LogP contribution in [0.3, 0.4) is 0 Å². The van der Waals surface area contributed by atoms with Crippen molar-refractivity contribution in [2.75, 3.05) is 19.5 Å². The second-order valence-electron chi connectivity index (χ2n) is 5.30. The minimum atomic E-state index is 0.353. The van der Waals surface area contributed by atoms with Gasteiger partial charge in [0.1, 0.15) is 5.75 Å². The average molecular weight is 324 g/mol. The van der Waals surface area contributed by atoms with Gasteiger partial charge in [0.25, 0.3) is 0 Å². The highest BCUT2D eigenvalue weighted by Crippen LogP contribution is 2.26. The van der Waals surface area contributed by atoms with Gasteiger partial charge in [0.2, 0.25) is 0 Å². The van der Waals surface area contributed by atoms with Gasteiger partial charge in [0.05, 0.1) is 19.4 Å². The molecule has 0 spiro atoms. The van der Waals surface area contributed by atoms with Crippen LogP contribution < -0.4 is 15.2 Å². The van der Waals surface area contributed by atoms with Crippen LogP contribution in [0.1, 0.15) is 13.3 Å². The molecule has 1 aromatic heterocycles. The Labute approximate surface area is 140 Å². The summed E-state index contributed by atoms with van der Waals surface area (Å²) in [5, 5.41) is 4.48. The molecule has 0 bridgehead atoms. The van der Waals surface area contributed by atoms with Gasteiger partial charge in [-0.05, 0) is 42.8 Å². The lowest BCUT2D eigenvalue weighted by atomic mass is 10.2. The number of rotatable bonds is 6. The summed E-state index contributed by atoms with van der Waals surface area (Å²) in [6.07, 6.45) is 0.894. The minimum absolute atomic E-state index is 0.353. The summed E-state index contributed by atoms with van der Waals surface area (Å²) in [7, 11) is 1.64. The number of benzene rings is 2. The monoisotopic (exact) mass is 324 g/mol. The molecule has 0 saturated heterocycles. The molecule has 0 aliphatic rings. The number of anilines is 1. The lowest BCUT2D eigenvalue weighted by molar-refractivity contribution is 0.292. The van der Waals surface area contributed by atoms with Crippen LogP contribution in [0.2, 0.25) is 0 Å². The molecule has 124 valence electrons. The third-order valence-electron chi connectivity index (χ3n) is 3.49. The van der Waals surface area contributed by atoms with E-state index in [1.54, 1.807) is 11.8 Å². The molecule has 3 aromatic rings. The van der Waals surface area contributed by atoms with Crippen molar-refractivity contribution >= 4 is 5.69 Å². The van der Waals surface area contributed by atoms with Gasteiger partial charge < -0.3 is 15.2 Å². The van der Waals surface area contributed by atoms with Crippen LogP contribution >= 0.6 is 0 Å². The zero-order valence-electron chi connectivity index (χ0n) is 13.8. The average Bonchev–Trinajstić information content (AvgIpc) is 3.05. The normalized spacial score (nSPS) is 10.6. The number of hydrogen-bond donors (Lipinski definition) is 1. The topological polar surface area (TPSA) is 75.2 Å². The van der Waals surface area contributed by atoms with E-state index in [1.807, 2.05) is 55.5 Å². The first kappa shape index (κ1) is 15.9. The second kappa shape index (κ2) is 7.04. The molecule has 1 heterocycles. The molecule has 6 heteroatoms. The van der Waals surface area contributed by atoms with E-state index in [0.29, 0.717) is 24.1 Å². The van der Waals surface area contributed by atoms with Crippen molar-refractivity contribution in [2.45, 2.75) is 13.3 Å². The molecule has 3 rings (SSSR count). The van der Waals surface area contributed by atoms with Crippen LogP contribution in [0.15, 0.2) is 48.5 Å². The maximum Gasteiger partial charge on any atom is 0.336 e. The number of ether oxygens (including phenoxy) is 2. The van der Waals surface area contributed by atoms with Gasteiger partial charge in [0.15, 0.2) is 5.82 Å². The lowest BCUT2D eigenvalue weighted by Gasteiger charge is -2.07. The summed E-state index contributed by atoms with van der Waals surface area (Å²) in [4.78, 5) is 4.54. The van der Waals surface area contributed by atoms with E-state index in [-0.39, 0.29) is 0 Å². The highest BCUT2D eigenvalue weighted by atomic mass is 16.5. The van der Waals surface area contributed by atoms with Crippen LogP contribution in [-0.4, -0.2) is 28.5 Å². The van der Waals surface area contributed by atoms with E-state index in [9.17, 15) is 0 Å². The number of hydrogen-bond acceptors (Lipinski definition) is 5. The maximum absolute atomic E-state index is 5.78. The Morgan fingerprint density at radius 3 is 2.62 bits per heavy atom. The Kier molecular flexibility index (Phi) is 4.65. The van der Waals surface area contributed by atoms with Gasteiger partial charge in [0, 0.05) is 11.3 Å². The van der Waals surface area contributed by atoms with Gasteiger partial charge in [-0.3, -0.25) is 0 Å². The number of methoxy groups -OCH3 is 1. The fourth-order valence-corrected chi connectivity index (χ4v) is 2.29. The smallest absolute Gasteiger partial charge is 0.336 e. The molecule has 0 unspecified atom stereocenters. The third kappa shape index (κ3) is 3.32. The summed E-state index contributed by atoms with van der Waals surface area (Å²) in [6.45, 7) is 2.61. The first-order valence-electron chi connectivity index (χ1n) is 7.81. The van der Waals surface area contributed by atoms with Crippen LogP contribution in [0.4, 0.5) is 5.69 Å². The van der Waals surface area contributed by atoms with Crippen molar-refractivity contribution < 1.29 is 9.47 Å². The molecular weight excluding hydrogens is 304 g/mol. The zero-order valence-corrected chi connectivity index (χ0v) is 13.8.